The highest BCUT2D eigenvalue weighted by molar-refractivity contribution is 5.40. The molecule has 0 amide bonds. The third-order valence-electron chi connectivity index (χ3n) is 2.55. The van der Waals surface area contributed by atoms with Crippen LogP contribution in [0.1, 0.15) is 18.6 Å². The molecule has 0 aliphatic heterocycles. The van der Waals surface area contributed by atoms with Crippen molar-refractivity contribution in [1.29, 1.82) is 0 Å². The Balaban J connectivity index is 2.38. The summed E-state index contributed by atoms with van der Waals surface area (Å²) >= 11 is 0. The highest BCUT2D eigenvalue weighted by Gasteiger charge is 2.15. The first-order valence-electron chi connectivity index (χ1n) is 5.58. The average Bonchev–Trinajstić information content (AvgIpc) is 2.33. The number of rotatable bonds is 3. The van der Waals surface area contributed by atoms with Crippen molar-refractivity contribution in [2.24, 2.45) is 0 Å². The molecular weight excluding hydrogens is 257 g/mol. The lowest BCUT2D eigenvalue weighted by Gasteiger charge is -2.14. The second-order valence-corrected chi connectivity index (χ2v) is 4.01. The summed E-state index contributed by atoms with van der Waals surface area (Å²) in [5.41, 5.74) is -0.0350. The molecule has 2 aromatic rings. The van der Waals surface area contributed by atoms with Crippen molar-refractivity contribution in [1.82, 2.24) is 0 Å². The lowest BCUT2D eigenvalue weighted by atomic mass is 10.1. The third kappa shape index (κ3) is 2.88. The van der Waals surface area contributed by atoms with Crippen LogP contribution in [0.25, 0.3) is 0 Å². The van der Waals surface area contributed by atoms with Gasteiger partial charge in [0.2, 0.25) is 0 Å². The molecule has 0 spiro atoms. The highest BCUT2D eigenvalue weighted by Crippen LogP contribution is 2.32. The highest BCUT2D eigenvalue weighted by atomic mass is 19.2. The molecule has 0 aliphatic carbocycles. The molecule has 19 heavy (non-hydrogen) atoms. The van der Waals surface area contributed by atoms with E-state index < -0.39 is 23.6 Å². The van der Waals surface area contributed by atoms with Gasteiger partial charge in [-0.05, 0) is 31.2 Å². The fourth-order valence-electron chi connectivity index (χ4n) is 1.68. The number of aliphatic hydroxyl groups excluding tert-OH is 1. The van der Waals surface area contributed by atoms with E-state index in [0.717, 1.165) is 12.1 Å². The van der Waals surface area contributed by atoms with Gasteiger partial charge in [-0.2, -0.15) is 0 Å². The van der Waals surface area contributed by atoms with E-state index in [9.17, 15) is 18.3 Å². The average molecular weight is 268 g/mol. The maximum atomic E-state index is 13.6. The van der Waals surface area contributed by atoms with Crippen LogP contribution in [-0.2, 0) is 0 Å². The number of ether oxygens (including phenoxy) is 1. The van der Waals surface area contributed by atoms with Crippen LogP contribution >= 0.6 is 0 Å². The van der Waals surface area contributed by atoms with Crippen molar-refractivity contribution >= 4 is 0 Å². The largest absolute Gasteiger partial charge is 0.457 e. The normalized spacial score (nSPS) is 12.3. The van der Waals surface area contributed by atoms with Gasteiger partial charge in [0.15, 0.2) is 11.6 Å². The molecule has 1 N–H and O–H groups in total. The Morgan fingerprint density at radius 1 is 1.00 bits per heavy atom. The molecule has 0 unspecified atom stereocenters. The van der Waals surface area contributed by atoms with Crippen molar-refractivity contribution in [3.63, 3.8) is 0 Å². The molecule has 0 bridgehead atoms. The summed E-state index contributed by atoms with van der Waals surface area (Å²) in [6.07, 6.45) is -1.08. The Kier molecular flexibility index (Phi) is 3.76. The third-order valence-corrected chi connectivity index (χ3v) is 2.55. The van der Waals surface area contributed by atoms with E-state index in [4.69, 9.17) is 4.74 Å². The first-order chi connectivity index (χ1) is 8.99. The van der Waals surface area contributed by atoms with Crippen molar-refractivity contribution in [2.75, 3.05) is 0 Å². The number of hydrogen-bond donors (Lipinski definition) is 1. The molecule has 0 saturated heterocycles. The van der Waals surface area contributed by atoms with Gasteiger partial charge < -0.3 is 9.84 Å². The van der Waals surface area contributed by atoms with Crippen molar-refractivity contribution in [2.45, 2.75) is 13.0 Å². The zero-order valence-electron chi connectivity index (χ0n) is 10.0. The summed E-state index contributed by atoms with van der Waals surface area (Å²) in [5, 5.41) is 9.51. The summed E-state index contributed by atoms with van der Waals surface area (Å²) in [6, 6.07) is 7.00. The lowest BCUT2D eigenvalue weighted by Crippen LogP contribution is -2.00. The molecule has 0 aromatic heterocycles. The van der Waals surface area contributed by atoms with Gasteiger partial charge in [-0.25, -0.2) is 13.2 Å². The predicted octanol–water partition coefficient (Wildman–Crippen LogP) is 3.95. The molecule has 1 atom stereocenters. The van der Waals surface area contributed by atoms with E-state index in [2.05, 4.69) is 0 Å². The van der Waals surface area contributed by atoms with Gasteiger partial charge in [-0.1, -0.05) is 6.07 Å². The molecule has 2 nitrogen and oxygen atoms in total. The van der Waals surface area contributed by atoms with Crippen LogP contribution in [0.5, 0.6) is 11.5 Å². The van der Waals surface area contributed by atoms with Gasteiger partial charge in [0, 0.05) is 6.07 Å². The van der Waals surface area contributed by atoms with Crippen LogP contribution in [0.3, 0.4) is 0 Å². The fourth-order valence-corrected chi connectivity index (χ4v) is 1.68. The quantitative estimate of drug-likeness (QED) is 0.913. The van der Waals surface area contributed by atoms with E-state index in [-0.39, 0.29) is 17.1 Å². The molecule has 0 aliphatic rings. The zero-order valence-corrected chi connectivity index (χ0v) is 10.0. The number of benzene rings is 2. The minimum absolute atomic E-state index is 0.0198. The maximum absolute atomic E-state index is 13.6. The predicted molar refractivity (Wildman–Crippen MR) is 63.5 cm³/mol. The van der Waals surface area contributed by atoms with Crippen LogP contribution in [-0.4, -0.2) is 5.11 Å². The molecule has 0 heterocycles. The molecule has 100 valence electrons. The van der Waals surface area contributed by atoms with Gasteiger partial charge in [-0.15, -0.1) is 0 Å². The number of hydrogen-bond acceptors (Lipinski definition) is 2. The zero-order chi connectivity index (χ0) is 14.0. The Hall–Kier alpha value is -2.01. The van der Waals surface area contributed by atoms with Crippen LogP contribution in [0.2, 0.25) is 0 Å². The summed E-state index contributed by atoms with van der Waals surface area (Å²) < 4.78 is 44.7. The SMILES string of the molecule is C[C@H](O)c1c(F)cccc1Oc1ccc(F)c(F)c1. The molecule has 0 fully saturated rings. The minimum atomic E-state index is -1.08. The fraction of sp³-hybridized carbons (Fsp3) is 0.143. The second-order valence-electron chi connectivity index (χ2n) is 4.01. The van der Waals surface area contributed by atoms with Crippen LogP contribution < -0.4 is 4.74 Å². The Morgan fingerprint density at radius 2 is 1.74 bits per heavy atom. The second kappa shape index (κ2) is 5.32. The molecule has 5 heteroatoms. The van der Waals surface area contributed by atoms with Crippen molar-refractivity contribution < 1.29 is 23.0 Å². The summed E-state index contributed by atoms with van der Waals surface area (Å²) in [7, 11) is 0. The Morgan fingerprint density at radius 3 is 2.37 bits per heavy atom. The van der Waals surface area contributed by atoms with Gasteiger partial charge in [-0.3, -0.25) is 0 Å². The van der Waals surface area contributed by atoms with E-state index in [1.807, 2.05) is 0 Å². The van der Waals surface area contributed by atoms with E-state index >= 15 is 0 Å². The van der Waals surface area contributed by atoms with Gasteiger partial charge in [0.05, 0.1) is 11.7 Å². The standard InChI is InChI=1S/C14H11F3O2/c1-8(18)14-11(16)3-2-4-13(14)19-9-5-6-10(15)12(17)7-9/h2-8,18H,1H3/t8-/m0/s1. The minimum Gasteiger partial charge on any atom is -0.457 e. The van der Waals surface area contributed by atoms with Gasteiger partial charge >= 0.3 is 0 Å². The summed E-state index contributed by atoms with van der Waals surface area (Å²) in [5.74, 6) is -2.61. The first-order valence-corrected chi connectivity index (χ1v) is 5.58. The Bertz CT molecular complexity index is 597. The van der Waals surface area contributed by atoms with E-state index in [1.54, 1.807) is 0 Å². The molecule has 0 radical (unpaired) electrons. The van der Waals surface area contributed by atoms with Crippen LogP contribution in [0.15, 0.2) is 36.4 Å². The maximum Gasteiger partial charge on any atom is 0.162 e. The Labute approximate surface area is 108 Å². The first kappa shape index (κ1) is 13.4. The van der Waals surface area contributed by atoms with E-state index in [0.29, 0.717) is 0 Å². The van der Waals surface area contributed by atoms with E-state index in [1.165, 1.54) is 31.2 Å². The number of halogens is 3. The van der Waals surface area contributed by atoms with Crippen LogP contribution in [0, 0.1) is 17.5 Å². The van der Waals surface area contributed by atoms with Crippen molar-refractivity contribution in [3.05, 3.63) is 59.4 Å². The van der Waals surface area contributed by atoms with Crippen molar-refractivity contribution in [3.8, 4) is 11.5 Å². The molecule has 0 saturated carbocycles. The van der Waals surface area contributed by atoms with Gasteiger partial charge in [0.1, 0.15) is 17.3 Å². The smallest absolute Gasteiger partial charge is 0.162 e. The molecular formula is C14H11F3O2. The lowest BCUT2D eigenvalue weighted by molar-refractivity contribution is 0.190. The topological polar surface area (TPSA) is 29.5 Å². The van der Waals surface area contributed by atoms with Crippen LogP contribution in [0.4, 0.5) is 13.2 Å². The monoisotopic (exact) mass is 268 g/mol. The summed E-state index contributed by atoms with van der Waals surface area (Å²) in [4.78, 5) is 0. The molecule has 2 rings (SSSR count). The van der Waals surface area contributed by atoms with Gasteiger partial charge in [0.25, 0.3) is 0 Å². The molecule has 2 aromatic carbocycles. The number of aliphatic hydroxyl groups is 1. The summed E-state index contributed by atoms with van der Waals surface area (Å²) in [6.45, 7) is 1.39.